The highest BCUT2D eigenvalue weighted by Crippen LogP contribution is 2.15. The summed E-state index contributed by atoms with van der Waals surface area (Å²) in [5.41, 5.74) is 2.59. The number of rotatable bonds is 2. The molecule has 16 heavy (non-hydrogen) atoms. The lowest BCUT2D eigenvalue weighted by atomic mass is 10.1. The standard InChI is InChI=1S/C12H10N2.CH4O/c1-10(11-6-2-4-8-13-11)12-7-3-5-9-14-12;1-2/h2-9H,1H2;2H,1H3. The molecule has 0 aliphatic heterocycles. The van der Waals surface area contributed by atoms with Gasteiger partial charge in [0.1, 0.15) is 0 Å². The van der Waals surface area contributed by atoms with Gasteiger partial charge in [-0.05, 0) is 24.3 Å². The summed E-state index contributed by atoms with van der Waals surface area (Å²) in [5.74, 6) is 0. The van der Waals surface area contributed by atoms with Crippen molar-refractivity contribution >= 4 is 5.57 Å². The average molecular weight is 214 g/mol. The SMILES string of the molecule is C=C(c1ccccn1)c1ccccn1.CO. The molecule has 0 unspecified atom stereocenters. The lowest BCUT2D eigenvalue weighted by molar-refractivity contribution is 0.399. The van der Waals surface area contributed by atoms with Crippen LogP contribution in [0.15, 0.2) is 55.4 Å². The second kappa shape index (κ2) is 6.48. The Morgan fingerprint density at radius 1 is 0.938 bits per heavy atom. The first-order valence-corrected chi connectivity index (χ1v) is 4.84. The second-order valence-corrected chi connectivity index (χ2v) is 2.91. The summed E-state index contributed by atoms with van der Waals surface area (Å²) in [5, 5.41) is 7.00. The smallest absolute Gasteiger partial charge is 0.0717 e. The molecule has 0 aromatic carbocycles. The quantitative estimate of drug-likeness (QED) is 0.833. The lowest BCUT2D eigenvalue weighted by Gasteiger charge is -2.02. The fourth-order valence-electron chi connectivity index (χ4n) is 1.21. The molecule has 2 rings (SSSR count). The van der Waals surface area contributed by atoms with Crippen molar-refractivity contribution in [2.75, 3.05) is 7.11 Å². The number of hydrogen-bond acceptors (Lipinski definition) is 3. The number of aromatic nitrogens is 2. The van der Waals surface area contributed by atoms with Crippen molar-refractivity contribution in [3.05, 3.63) is 66.8 Å². The summed E-state index contributed by atoms with van der Waals surface area (Å²) in [6.07, 6.45) is 3.51. The van der Waals surface area contributed by atoms with E-state index in [1.165, 1.54) is 0 Å². The van der Waals surface area contributed by atoms with E-state index in [0.717, 1.165) is 24.1 Å². The maximum Gasteiger partial charge on any atom is 0.0717 e. The van der Waals surface area contributed by atoms with E-state index in [0.29, 0.717) is 0 Å². The molecule has 0 radical (unpaired) electrons. The number of aliphatic hydroxyl groups excluding tert-OH is 1. The summed E-state index contributed by atoms with van der Waals surface area (Å²) < 4.78 is 0. The van der Waals surface area contributed by atoms with Crippen LogP contribution in [-0.2, 0) is 0 Å². The Hall–Kier alpha value is -2.00. The molecular weight excluding hydrogens is 200 g/mol. The van der Waals surface area contributed by atoms with E-state index in [1.54, 1.807) is 12.4 Å². The van der Waals surface area contributed by atoms with Gasteiger partial charge in [0.2, 0.25) is 0 Å². The van der Waals surface area contributed by atoms with Crippen molar-refractivity contribution in [3.63, 3.8) is 0 Å². The maximum absolute atomic E-state index is 7.00. The van der Waals surface area contributed by atoms with Crippen LogP contribution in [0.3, 0.4) is 0 Å². The van der Waals surface area contributed by atoms with Gasteiger partial charge in [-0.15, -0.1) is 0 Å². The molecule has 0 saturated carbocycles. The molecule has 3 heteroatoms. The second-order valence-electron chi connectivity index (χ2n) is 2.91. The number of hydrogen-bond donors (Lipinski definition) is 1. The molecule has 3 nitrogen and oxygen atoms in total. The van der Waals surface area contributed by atoms with Crippen LogP contribution in [0.1, 0.15) is 11.4 Å². The third kappa shape index (κ3) is 3.00. The van der Waals surface area contributed by atoms with Crippen LogP contribution < -0.4 is 0 Å². The third-order valence-electron chi connectivity index (χ3n) is 1.95. The van der Waals surface area contributed by atoms with Gasteiger partial charge < -0.3 is 5.11 Å². The minimum atomic E-state index is 0.853. The Labute approximate surface area is 95.1 Å². The van der Waals surface area contributed by atoms with Gasteiger partial charge in [-0.3, -0.25) is 9.97 Å². The first-order chi connectivity index (χ1) is 7.88. The normalized spacial score (nSPS) is 8.88. The average Bonchev–Trinajstić information content (AvgIpc) is 2.42. The van der Waals surface area contributed by atoms with Crippen molar-refractivity contribution in [2.45, 2.75) is 0 Å². The van der Waals surface area contributed by atoms with Gasteiger partial charge >= 0.3 is 0 Å². The Morgan fingerprint density at radius 3 is 1.69 bits per heavy atom. The van der Waals surface area contributed by atoms with E-state index in [2.05, 4.69) is 16.5 Å². The number of aliphatic hydroxyl groups is 1. The van der Waals surface area contributed by atoms with Crippen molar-refractivity contribution in [2.24, 2.45) is 0 Å². The third-order valence-corrected chi connectivity index (χ3v) is 1.95. The van der Waals surface area contributed by atoms with E-state index in [1.807, 2.05) is 36.4 Å². The molecule has 1 N–H and O–H groups in total. The highest BCUT2D eigenvalue weighted by Gasteiger charge is 2.02. The number of nitrogens with zero attached hydrogens (tertiary/aromatic N) is 2. The van der Waals surface area contributed by atoms with Crippen LogP contribution in [-0.4, -0.2) is 22.2 Å². The lowest BCUT2D eigenvalue weighted by Crippen LogP contribution is -1.91. The molecule has 0 amide bonds. The first-order valence-electron chi connectivity index (χ1n) is 4.84. The van der Waals surface area contributed by atoms with Gasteiger partial charge in [0, 0.05) is 25.1 Å². The summed E-state index contributed by atoms with van der Waals surface area (Å²) in [4.78, 5) is 8.43. The van der Waals surface area contributed by atoms with Gasteiger partial charge in [-0.25, -0.2) is 0 Å². The fraction of sp³-hybridized carbons (Fsp3) is 0.0769. The van der Waals surface area contributed by atoms with Crippen molar-refractivity contribution < 1.29 is 5.11 Å². The molecule has 0 spiro atoms. The van der Waals surface area contributed by atoms with Gasteiger partial charge in [0.25, 0.3) is 0 Å². The van der Waals surface area contributed by atoms with Crippen LogP contribution in [0.2, 0.25) is 0 Å². The topological polar surface area (TPSA) is 46.0 Å². The molecule has 0 fully saturated rings. The summed E-state index contributed by atoms with van der Waals surface area (Å²) in [6.45, 7) is 3.97. The zero-order valence-electron chi connectivity index (χ0n) is 9.17. The number of pyridine rings is 2. The monoisotopic (exact) mass is 214 g/mol. The predicted octanol–water partition coefficient (Wildman–Crippen LogP) is 2.15. The molecule has 0 saturated heterocycles. The summed E-state index contributed by atoms with van der Waals surface area (Å²) in [7, 11) is 1.00. The van der Waals surface area contributed by atoms with Gasteiger partial charge in [-0.2, -0.15) is 0 Å². The van der Waals surface area contributed by atoms with Crippen molar-refractivity contribution in [1.29, 1.82) is 0 Å². The predicted molar refractivity (Wildman–Crippen MR) is 64.8 cm³/mol. The van der Waals surface area contributed by atoms with E-state index >= 15 is 0 Å². The molecule has 2 heterocycles. The van der Waals surface area contributed by atoms with Crippen molar-refractivity contribution in [3.8, 4) is 0 Å². The van der Waals surface area contributed by atoms with Crippen LogP contribution >= 0.6 is 0 Å². The first kappa shape index (κ1) is 12.1. The maximum atomic E-state index is 7.00. The van der Waals surface area contributed by atoms with E-state index in [9.17, 15) is 0 Å². The van der Waals surface area contributed by atoms with Crippen LogP contribution in [0, 0.1) is 0 Å². The van der Waals surface area contributed by atoms with E-state index < -0.39 is 0 Å². The van der Waals surface area contributed by atoms with E-state index in [-0.39, 0.29) is 0 Å². The Morgan fingerprint density at radius 2 is 1.38 bits per heavy atom. The van der Waals surface area contributed by atoms with Crippen LogP contribution in [0.5, 0.6) is 0 Å². The minimum absolute atomic E-state index is 0.853. The zero-order valence-corrected chi connectivity index (χ0v) is 9.17. The zero-order chi connectivity index (χ0) is 11.8. The Balaban J connectivity index is 0.000000606. The van der Waals surface area contributed by atoms with Crippen LogP contribution in [0.4, 0.5) is 0 Å². The van der Waals surface area contributed by atoms with Crippen molar-refractivity contribution in [1.82, 2.24) is 9.97 Å². The largest absolute Gasteiger partial charge is 0.400 e. The highest BCUT2D eigenvalue weighted by molar-refractivity contribution is 5.73. The van der Waals surface area contributed by atoms with Crippen LogP contribution in [0.25, 0.3) is 5.57 Å². The molecule has 0 aliphatic rings. The fourth-order valence-corrected chi connectivity index (χ4v) is 1.21. The van der Waals surface area contributed by atoms with E-state index in [4.69, 9.17) is 5.11 Å². The Bertz CT molecular complexity index is 385. The van der Waals surface area contributed by atoms with Gasteiger partial charge in [0.05, 0.1) is 11.4 Å². The summed E-state index contributed by atoms with van der Waals surface area (Å²) in [6, 6.07) is 11.5. The molecule has 0 bridgehead atoms. The molecule has 82 valence electrons. The Kier molecular flexibility index (Phi) is 4.89. The molecule has 2 aromatic heterocycles. The molecule has 0 aliphatic carbocycles. The molecule has 0 atom stereocenters. The van der Waals surface area contributed by atoms with Gasteiger partial charge in [0.15, 0.2) is 0 Å². The highest BCUT2D eigenvalue weighted by atomic mass is 16.2. The summed E-state index contributed by atoms with van der Waals surface area (Å²) >= 11 is 0. The molecular formula is C13H14N2O. The van der Waals surface area contributed by atoms with Gasteiger partial charge in [-0.1, -0.05) is 18.7 Å². The molecule has 2 aromatic rings. The minimum Gasteiger partial charge on any atom is -0.400 e.